The first-order chi connectivity index (χ1) is 16.2. The van der Waals surface area contributed by atoms with E-state index in [1.54, 1.807) is 4.68 Å². The smallest absolute Gasteiger partial charge is 0.231 e. The normalized spacial score (nSPS) is 16.0. The standard InChI is InChI=1S/C25H26N6O2/c1-30-23(26)21-22(18-7-8-19-20(14-18)33-15-32-19)27-25(28-24(21)29-30)31-11-9-17(10-12-31)13-16-5-3-2-4-6-16/h2-8,14,17H,9-13,15,26H2,1H3. The first kappa shape index (κ1) is 19.8. The van der Waals surface area contributed by atoms with Crippen LogP contribution in [0.5, 0.6) is 11.5 Å². The van der Waals surface area contributed by atoms with Crippen LogP contribution in [0.4, 0.5) is 11.8 Å². The highest BCUT2D eigenvalue weighted by Gasteiger charge is 2.25. The van der Waals surface area contributed by atoms with Crippen molar-refractivity contribution in [3.05, 3.63) is 54.1 Å². The first-order valence-electron chi connectivity index (χ1n) is 11.3. The van der Waals surface area contributed by atoms with Crippen molar-refractivity contribution in [3.63, 3.8) is 0 Å². The molecule has 4 aromatic rings. The predicted molar refractivity (Wildman–Crippen MR) is 127 cm³/mol. The zero-order valence-corrected chi connectivity index (χ0v) is 18.6. The second-order valence-electron chi connectivity index (χ2n) is 8.77. The molecule has 4 heterocycles. The van der Waals surface area contributed by atoms with Gasteiger partial charge in [0, 0.05) is 25.7 Å². The highest BCUT2D eigenvalue weighted by atomic mass is 16.7. The van der Waals surface area contributed by atoms with Gasteiger partial charge in [0.05, 0.1) is 11.1 Å². The molecule has 0 saturated carbocycles. The number of ether oxygens (including phenoxy) is 2. The van der Waals surface area contributed by atoms with Gasteiger partial charge in [-0.2, -0.15) is 10.1 Å². The molecule has 0 aliphatic carbocycles. The minimum atomic E-state index is 0.232. The van der Waals surface area contributed by atoms with Gasteiger partial charge in [-0.3, -0.25) is 4.68 Å². The van der Waals surface area contributed by atoms with Crippen LogP contribution >= 0.6 is 0 Å². The fourth-order valence-corrected chi connectivity index (χ4v) is 4.78. The summed E-state index contributed by atoms with van der Waals surface area (Å²) < 4.78 is 12.7. The van der Waals surface area contributed by atoms with E-state index in [-0.39, 0.29) is 6.79 Å². The number of aromatic nitrogens is 4. The Morgan fingerprint density at radius 3 is 2.61 bits per heavy atom. The van der Waals surface area contributed by atoms with Gasteiger partial charge in [0.15, 0.2) is 17.1 Å². The summed E-state index contributed by atoms with van der Waals surface area (Å²) in [5.74, 6) is 3.37. The summed E-state index contributed by atoms with van der Waals surface area (Å²) in [5.41, 5.74) is 10.1. The third-order valence-electron chi connectivity index (χ3n) is 6.64. The molecule has 2 N–H and O–H groups in total. The molecule has 0 radical (unpaired) electrons. The largest absolute Gasteiger partial charge is 0.454 e. The van der Waals surface area contributed by atoms with Crippen LogP contribution in [0.25, 0.3) is 22.3 Å². The highest BCUT2D eigenvalue weighted by molar-refractivity contribution is 5.99. The Balaban J connectivity index is 1.31. The van der Waals surface area contributed by atoms with Crippen molar-refractivity contribution in [2.24, 2.45) is 13.0 Å². The maximum absolute atomic E-state index is 6.36. The van der Waals surface area contributed by atoms with Crippen LogP contribution in [0.1, 0.15) is 18.4 Å². The van der Waals surface area contributed by atoms with E-state index in [1.165, 1.54) is 5.56 Å². The van der Waals surface area contributed by atoms with Gasteiger partial charge >= 0.3 is 0 Å². The predicted octanol–water partition coefficient (Wildman–Crippen LogP) is 3.80. The summed E-state index contributed by atoms with van der Waals surface area (Å²) in [6.45, 7) is 2.08. The third kappa shape index (κ3) is 3.61. The number of rotatable bonds is 4. The summed E-state index contributed by atoms with van der Waals surface area (Å²) in [6.07, 6.45) is 3.34. The van der Waals surface area contributed by atoms with E-state index in [4.69, 9.17) is 25.2 Å². The Labute approximate surface area is 192 Å². The molecule has 2 aliphatic heterocycles. The number of nitrogens with two attached hydrogens (primary N) is 1. The molecule has 2 aromatic carbocycles. The van der Waals surface area contributed by atoms with Crippen molar-refractivity contribution in [2.75, 3.05) is 30.5 Å². The van der Waals surface area contributed by atoms with Crippen LogP contribution < -0.4 is 20.1 Å². The average molecular weight is 443 g/mol. The number of benzene rings is 2. The summed E-state index contributed by atoms with van der Waals surface area (Å²) in [5, 5.41) is 5.32. The van der Waals surface area contributed by atoms with Gasteiger partial charge in [-0.05, 0) is 48.9 Å². The molecule has 0 spiro atoms. The number of aryl methyl sites for hydroxylation is 1. The summed E-state index contributed by atoms with van der Waals surface area (Å²) >= 11 is 0. The topological polar surface area (TPSA) is 91.3 Å². The number of anilines is 2. The molecule has 8 nitrogen and oxygen atoms in total. The Kier molecular flexibility index (Phi) is 4.78. The zero-order chi connectivity index (χ0) is 22.4. The van der Waals surface area contributed by atoms with Crippen molar-refractivity contribution in [1.82, 2.24) is 19.7 Å². The van der Waals surface area contributed by atoms with Gasteiger partial charge in [-0.25, -0.2) is 4.98 Å². The number of nitrogens with zero attached hydrogens (tertiary/aromatic N) is 5. The summed E-state index contributed by atoms with van der Waals surface area (Å²) in [7, 11) is 1.83. The maximum Gasteiger partial charge on any atom is 0.231 e. The average Bonchev–Trinajstić information content (AvgIpc) is 3.43. The molecule has 1 fully saturated rings. The molecule has 8 heteroatoms. The van der Waals surface area contributed by atoms with Crippen molar-refractivity contribution in [1.29, 1.82) is 0 Å². The number of fused-ring (bicyclic) bond motifs is 2. The van der Waals surface area contributed by atoms with E-state index in [1.807, 2.05) is 25.2 Å². The lowest BCUT2D eigenvalue weighted by Gasteiger charge is -2.32. The van der Waals surface area contributed by atoms with Crippen LogP contribution in [0.2, 0.25) is 0 Å². The lowest BCUT2D eigenvalue weighted by molar-refractivity contribution is 0.174. The molecule has 168 valence electrons. The second kappa shape index (κ2) is 7.95. The molecular formula is C25H26N6O2. The summed E-state index contributed by atoms with van der Waals surface area (Å²) in [6, 6.07) is 16.6. The lowest BCUT2D eigenvalue weighted by atomic mass is 9.90. The number of hydrogen-bond acceptors (Lipinski definition) is 7. The fraction of sp³-hybridized carbons (Fsp3) is 0.320. The first-order valence-corrected chi connectivity index (χ1v) is 11.3. The Hall–Kier alpha value is -3.81. The molecule has 33 heavy (non-hydrogen) atoms. The zero-order valence-electron chi connectivity index (χ0n) is 18.6. The fourth-order valence-electron chi connectivity index (χ4n) is 4.78. The molecular weight excluding hydrogens is 416 g/mol. The van der Waals surface area contributed by atoms with Crippen molar-refractivity contribution < 1.29 is 9.47 Å². The monoisotopic (exact) mass is 442 g/mol. The molecule has 0 bridgehead atoms. The van der Waals surface area contributed by atoms with Crippen LogP contribution in [-0.4, -0.2) is 39.6 Å². The molecule has 0 atom stereocenters. The van der Waals surface area contributed by atoms with E-state index >= 15 is 0 Å². The van der Waals surface area contributed by atoms with E-state index in [0.29, 0.717) is 29.1 Å². The Morgan fingerprint density at radius 1 is 1.00 bits per heavy atom. The third-order valence-corrected chi connectivity index (χ3v) is 6.64. The van der Waals surface area contributed by atoms with Gasteiger partial charge < -0.3 is 20.1 Å². The van der Waals surface area contributed by atoms with Crippen LogP contribution in [0.15, 0.2) is 48.5 Å². The van der Waals surface area contributed by atoms with Crippen molar-refractivity contribution in [2.45, 2.75) is 19.3 Å². The van der Waals surface area contributed by atoms with Crippen molar-refractivity contribution >= 4 is 22.8 Å². The molecule has 2 aliphatic rings. The minimum absolute atomic E-state index is 0.232. The van der Waals surface area contributed by atoms with E-state index in [9.17, 15) is 0 Å². The maximum atomic E-state index is 6.36. The minimum Gasteiger partial charge on any atom is -0.454 e. The van der Waals surface area contributed by atoms with Crippen molar-refractivity contribution in [3.8, 4) is 22.8 Å². The number of nitrogen functional groups attached to an aromatic ring is 1. The quantitative estimate of drug-likeness (QED) is 0.514. The van der Waals surface area contributed by atoms with Crippen LogP contribution in [0.3, 0.4) is 0 Å². The Morgan fingerprint density at radius 2 is 1.79 bits per heavy atom. The molecule has 2 aromatic heterocycles. The SMILES string of the molecule is Cn1nc2nc(N3CCC(Cc4ccccc4)CC3)nc(-c3ccc4c(c3)OCO4)c2c1N. The van der Waals surface area contributed by atoms with Crippen LogP contribution in [-0.2, 0) is 13.5 Å². The van der Waals surface area contributed by atoms with Gasteiger partial charge in [0.1, 0.15) is 5.82 Å². The van der Waals surface area contributed by atoms with E-state index in [2.05, 4.69) is 40.3 Å². The molecule has 0 amide bonds. The lowest BCUT2D eigenvalue weighted by Crippen LogP contribution is -2.35. The number of piperidine rings is 1. The van der Waals surface area contributed by atoms with Gasteiger partial charge in [-0.1, -0.05) is 30.3 Å². The highest BCUT2D eigenvalue weighted by Crippen LogP contribution is 2.39. The number of hydrogen-bond donors (Lipinski definition) is 1. The van der Waals surface area contributed by atoms with Gasteiger partial charge in [0.2, 0.25) is 12.7 Å². The molecule has 6 rings (SSSR count). The van der Waals surface area contributed by atoms with Crippen LogP contribution in [0, 0.1) is 5.92 Å². The van der Waals surface area contributed by atoms with Gasteiger partial charge in [-0.15, -0.1) is 0 Å². The summed E-state index contributed by atoms with van der Waals surface area (Å²) in [4.78, 5) is 12.0. The Bertz CT molecular complexity index is 1310. The van der Waals surface area contributed by atoms with E-state index < -0.39 is 0 Å². The second-order valence-corrected chi connectivity index (χ2v) is 8.77. The molecule has 0 unspecified atom stereocenters. The molecule has 1 saturated heterocycles. The van der Waals surface area contributed by atoms with Gasteiger partial charge in [0.25, 0.3) is 0 Å². The van der Waals surface area contributed by atoms with E-state index in [0.717, 1.165) is 54.7 Å².